The van der Waals surface area contributed by atoms with Crippen molar-refractivity contribution >= 4 is 56.5 Å². The van der Waals surface area contributed by atoms with Crippen molar-refractivity contribution in [1.29, 1.82) is 0 Å². The highest BCUT2D eigenvalue weighted by atomic mass is 35.5. The average Bonchev–Trinajstić information content (AvgIpc) is 2.80. The number of rotatable bonds is 2. The van der Waals surface area contributed by atoms with E-state index in [0.29, 0.717) is 25.4 Å². The number of ketones is 1. The van der Waals surface area contributed by atoms with Crippen LogP contribution >= 0.6 is 34.5 Å². The van der Waals surface area contributed by atoms with Gasteiger partial charge in [0.1, 0.15) is 4.83 Å². The van der Waals surface area contributed by atoms with E-state index in [1.54, 1.807) is 24.3 Å². The van der Waals surface area contributed by atoms with E-state index in [1.165, 1.54) is 18.3 Å². The van der Waals surface area contributed by atoms with Gasteiger partial charge in [-0.3, -0.25) is 4.79 Å². The molecule has 4 nitrogen and oxygen atoms in total. The number of fused-ring (bicyclic) bond motifs is 1. The molecule has 0 aliphatic carbocycles. The lowest BCUT2D eigenvalue weighted by molar-refractivity contribution is 0.102. The molecule has 0 amide bonds. The predicted molar refractivity (Wildman–Crippen MR) is 87.3 cm³/mol. The van der Waals surface area contributed by atoms with Crippen molar-refractivity contribution in [3.8, 4) is 11.3 Å². The van der Waals surface area contributed by atoms with Crippen LogP contribution in [0.2, 0.25) is 10.0 Å². The fourth-order valence-electron chi connectivity index (χ4n) is 2.02. The number of nitrogens with zero attached hydrogens (tertiary/aromatic N) is 2. The Hall–Kier alpha value is -1.69. The first-order valence-corrected chi connectivity index (χ1v) is 7.56. The zero-order chi connectivity index (χ0) is 15.1. The van der Waals surface area contributed by atoms with Gasteiger partial charge >= 0.3 is 0 Å². The van der Waals surface area contributed by atoms with Crippen molar-refractivity contribution in [2.45, 2.75) is 6.92 Å². The Bertz CT molecular complexity index is 856. The second-order valence-corrected chi connectivity index (χ2v) is 6.38. The fraction of sp³-hybridized carbons (Fsp3) is 0.0714. The summed E-state index contributed by atoms with van der Waals surface area (Å²) in [6.07, 6.45) is 0. The molecule has 3 aromatic rings. The highest BCUT2D eigenvalue weighted by Crippen LogP contribution is 2.34. The van der Waals surface area contributed by atoms with Gasteiger partial charge in [-0.25, -0.2) is 9.97 Å². The van der Waals surface area contributed by atoms with Gasteiger partial charge in [-0.15, -0.1) is 11.3 Å². The van der Waals surface area contributed by atoms with E-state index < -0.39 is 0 Å². The third kappa shape index (κ3) is 2.72. The number of Topliss-reactive ketones (excluding diaryl/α,β-unsaturated/α-hetero) is 1. The molecule has 7 heteroatoms. The number of carbonyl (C=O) groups is 1. The zero-order valence-electron chi connectivity index (χ0n) is 10.9. The topological polar surface area (TPSA) is 68.9 Å². The number of hydrogen-bond donors (Lipinski definition) is 1. The summed E-state index contributed by atoms with van der Waals surface area (Å²) in [6, 6.07) is 6.91. The highest BCUT2D eigenvalue weighted by Gasteiger charge is 2.15. The minimum absolute atomic E-state index is 0.0216. The molecule has 0 aliphatic heterocycles. The third-order valence-electron chi connectivity index (χ3n) is 2.89. The van der Waals surface area contributed by atoms with Crippen LogP contribution in [0.3, 0.4) is 0 Å². The molecule has 0 radical (unpaired) electrons. The van der Waals surface area contributed by atoms with Crippen molar-refractivity contribution in [2.24, 2.45) is 0 Å². The first-order chi connectivity index (χ1) is 9.94. The van der Waals surface area contributed by atoms with Crippen LogP contribution < -0.4 is 5.73 Å². The monoisotopic (exact) mass is 337 g/mol. The summed E-state index contributed by atoms with van der Waals surface area (Å²) in [5.74, 6) is 0.122. The summed E-state index contributed by atoms with van der Waals surface area (Å²) < 4.78 is 0. The molecular formula is C14H9Cl2N3OS. The zero-order valence-corrected chi connectivity index (χ0v) is 13.2. The lowest BCUT2D eigenvalue weighted by Gasteiger charge is -2.05. The molecule has 21 heavy (non-hydrogen) atoms. The summed E-state index contributed by atoms with van der Waals surface area (Å²) in [6.45, 7) is 1.51. The van der Waals surface area contributed by atoms with Gasteiger partial charge in [0.2, 0.25) is 5.95 Å². The second kappa shape index (κ2) is 5.26. The number of aromatic nitrogens is 2. The van der Waals surface area contributed by atoms with Crippen molar-refractivity contribution in [3.63, 3.8) is 0 Å². The largest absolute Gasteiger partial charge is 0.368 e. The maximum Gasteiger partial charge on any atom is 0.221 e. The first-order valence-electron chi connectivity index (χ1n) is 5.98. The molecule has 0 spiro atoms. The van der Waals surface area contributed by atoms with Crippen molar-refractivity contribution in [2.75, 3.05) is 5.73 Å². The standard InChI is InChI=1S/C14H9Cl2N3OS/c1-6(20)11-5-10-12(18-14(17)19-13(10)21-11)7-2-8(15)4-9(16)3-7/h2-5H,1H3,(H2,17,18,19). The molecular weight excluding hydrogens is 329 g/mol. The molecule has 0 unspecified atom stereocenters. The maximum absolute atomic E-state index is 11.5. The SMILES string of the molecule is CC(=O)c1cc2c(-c3cc(Cl)cc(Cl)c3)nc(N)nc2s1. The molecule has 0 bridgehead atoms. The van der Waals surface area contributed by atoms with Crippen LogP contribution in [0.4, 0.5) is 5.95 Å². The lowest BCUT2D eigenvalue weighted by Crippen LogP contribution is -1.96. The molecule has 0 saturated heterocycles. The van der Waals surface area contributed by atoms with Gasteiger partial charge in [0.15, 0.2) is 5.78 Å². The first kappa shape index (κ1) is 14.3. The van der Waals surface area contributed by atoms with Crippen LogP contribution in [-0.4, -0.2) is 15.8 Å². The van der Waals surface area contributed by atoms with Crippen molar-refractivity contribution in [1.82, 2.24) is 9.97 Å². The second-order valence-electron chi connectivity index (χ2n) is 4.47. The van der Waals surface area contributed by atoms with E-state index in [0.717, 1.165) is 10.9 Å². The number of nitrogens with two attached hydrogens (primary N) is 1. The fourth-order valence-corrected chi connectivity index (χ4v) is 3.48. The Morgan fingerprint density at radius 2 is 1.81 bits per heavy atom. The lowest BCUT2D eigenvalue weighted by atomic mass is 10.1. The highest BCUT2D eigenvalue weighted by molar-refractivity contribution is 7.20. The van der Waals surface area contributed by atoms with Gasteiger partial charge in [-0.2, -0.15) is 0 Å². The summed E-state index contributed by atoms with van der Waals surface area (Å²) in [4.78, 5) is 21.3. The Morgan fingerprint density at radius 1 is 1.14 bits per heavy atom. The summed E-state index contributed by atoms with van der Waals surface area (Å²) in [5.41, 5.74) is 7.11. The van der Waals surface area contributed by atoms with Gasteiger partial charge in [-0.05, 0) is 31.2 Å². The van der Waals surface area contributed by atoms with E-state index in [9.17, 15) is 4.79 Å². The van der Waals surface area contributed by atoms with E-state index >= 15 is 0 Å². The molecule has 3 rings (SSSR count). The van der Waals surface area contributed by atoms with Crippen molar-refractivity contribution in [3.05, 3.63) is 39.2 Å². The Kier molecular flexibility index (Phi) is 3.57. The molecule has 0 atom stereocenters. The summed E-state index contributed by atoms with van der Waals surface area (Å²) in [5, 5.41) is 1.77. The Balaban J connectivity index is 2.32. The normalized spacial score (nSPS) is 11.0. The van der Waals surface area contributed by atoms with Gasteiger partial charge in [0.25, 0.3) is 0 Å². The van der Waals surface area contributed by atoms with Gasteiger partial charge in [-0.1, -0.05) is 23.2 Å². The number of benzene rings is 1. The maximum atomic E-state index is 11.5. The number of anilines is 1. The van der Waals surface area contributed by atoms with Crippen LogP contribution in [0.5, 0.6) is 0 Å². The number of halogens is 2. The number of carbonyl (C=O) groups excluding carboxylic acids is 1. The number of nitrogen functional groups attached to an aromatic ring is 1. The summed E-state index contributed by atoms with van der Waals surface area (Å²) in [7, 11) is 0. The number of hydrogen-bond acceptors (Lipinski definition) is 5. The van der Waals surface area contributed by atoms with Crippen LogP contribution in [-0.2, 0) is 0 Å². The minimum Gasteiger partial charge on any atom is -0.368 e. The molecule has 0 fully saturated rings. The molecule has 106 valence electrons. The van der Waals surface area contributed by atoms with E-state index in [1.807, 2.05) is 0 Å². The quantitative estimate of drug-likeness (QED) is 0.701. The van der Waals surface area contributed by atoms with Gasteiger partial charge in [0.05, 0.1) is 10.6 Å². The molecule has 1 aromatic carbocycles. The predicted octanol–water partition coefficient (Wildman–Crippen LogP) is 4.45. The molecule has 2 N–H and O–H groups in total. The Labute approximate surface area is 134 Å². The van der Waals surface area contributed by atoms with Gasteiger partial charge in [0, 0.05) is 21.0 Å². The van der Waals surface area contributed by atoms with E-state index in [2.05, 4.69) is 9.97 Å². The van der Waals surface area contributed by atoms with Crippen LogP contribution in [0.1, 0.15) is 16.6 Å². The molecule has 0 aliphatic rings. The minimum atomic E-state index is -0.0216. The third-order valence-corrected chi connectivity index (χ3v) is 4.46. The number of thiophene rings is 1. The average molecular weight is 338 g/mol. The molecule has 2 heterocycles. The van der Waals surface area contributed by atoms with E-state index in [-0.39, 0.29) is 11.7 Å². The molecule has 2 aromatic heterocycles. The Morgan fingerprint density at radius 3 is 2.43 bits per heavy atom. The van der Waals surface area contributed by atoms with Crippen molar-refractivity contribution < 1.29 is 4.79 Å². The van der Waals surface area contributed by atoms with E-state index in [4.69, 9.17) is 28.9 Å². The van der Waals surface area contributed by atoms with Gasteiger partial charge < -0.3 is 5.73 Å². The summed E-state index contributed by atoms with van der Waals surface area (Å²) >= 11 is 13.4. The van der Waals surface area contributed by atoms with Crippen LogP contribution in [0, 0.1) is 0 Å². The smallest absolute Gasteiger partial charge is 0.221 e. The molecule has 0 saturated carbocycles. The van der Waals surface area contributed by atoms with Crippen LogP contribution in [0.25, 0.3) is 21.5 Å². The van der Waals surface area contributed by atoms with Crippen LogP contribution in [0.15, 0.2) is 24.3 Å².